The second kappa shape index (κ2) is 10.6. The second-order valence-electron chi connectivity index (χ2n) is 7.03. The molecule has 0 atom stereocenters. The molecule has 1 aliphatic heterocycles. The van der Waals surface area contributed by atoms with E-state index in [4.69, 9.17) is 0 Å². The van der Waals surface area contributed by atoms with Gasteiger partial charge in [0.2, 0.25) is 0 Å². The van der Waals surface area contributed by atoms with Crippen molar-refractivity contribution in [2.75, 3.05) is 31.1 Å². The zero-order chi connectivity index (χ0) is 19.6. The lowest BCUT2D eigenvalue weighted by atomic mass is 10.1. The molecule has 0 radical (unpaired) electrons. The number of hydrogen-bond donors (Lipinski definition) is 2. The van der Waals surface area contributed by atoms with Gasteiger partial charge in [0.05, 0.1) is 6.54 Å². The van der Waals surface area contributed by atoms with Crippen LogP contribution in [0.4, 0.5) is 10.2 Å². The van der Waals surface area contributed by atoms with Crippen LogP contribution in [-0.4, -0.2) is 37.1 Å². The Kier molecular flexibility index (Phi) is 7.64. The van der Waals surface area contributed by atoms with Crippen LogP contribution in [0.5, 0.6) is 0 Å². The van der Waals surface area contributed by atoms with E-state index in [-0.39, 0.29) is 5.82 Å². The van der Waals surface area contributed by atoms with Gasteiger partial charge in [0.1, 0.15) is 11.6 Å². The molecule has 6 heteroatoms. The van der Waals surface area contributed by atoms with Crippen LogP contribution in [0.2, 0.25) is 0 Å². The largest absolute Gasteiger partial charge is 0.357 e. The molecule has 0 spiro atoms. The van der Waals surface area contributed by atoms with Gasteiger partial charge in [0, 0.05) is 32.4 Å². The van der Waals surface area contributed by atoms with Crippen LogP contribution >= 0.6 is 0 Å². The lowest BCUT2D eigenvalue weighted by Gasteiger charge is -2.27. The van der Waals surface area contributed by atoms with E-state index in [0.29, 0.717) is 25.1 Å². The van der Waals surface area contributed by atoms with Crippen LogP contribution in [-0.2, 0) is 13.0 Å². The fraction of sp³-hybridized carbons (Fsp3) is 0.455. The van der Waals surface area contributed by atoms with Gasteiger partial charge in [-0.05, 0) is 61.9 Å². The Balaban J connectivity index is 1.57. The Hall–Kier alpha value is -2.63. The smallest absolute Gasteiger partial charge is 0.191 e. The number of aromatic nitrogens is 1. The van der Waals surface area contributed by atoms with Crippen LogP contribution in [0.15, 0.2) is 47.6 Å². The van der Waals surface area contributed by atoms with Crippen LogP contribution in [0.1, 0.15) is 37.3 Å². The lowest BCUT2D eigenvalue weighted by Crippen LogP contribution is -2.38. The van der Waals surface area contributed by atoms with Gasteiger partial charge >= 0.3 is 0 Å². The summed E-state index contributed by atoms with van der Waals surface area (Å²) < 4.78 is 13.7. The van der Waals surface area contributed by atoms with Crippen molar-refractivity contribution in [2.45, 2.75) is 39.2 Å². The van der Waals surface area contributed by atoms with E-state index in [1.165, 1.54) is 25.3 Å². The summed E-state index contributed by atoms with van der Waals surface area (Å²) in [6, 6.07) is 11.0. The average Bonchev–Trinajstić information content (AvgIpc) is 2.74. The quantitative estimate of drug-likeness (QED) is 0.568. The third kappa shape index (κ3) is 5.94. The fourth-order valence-electron chi connectivity index (χ4n) is 3.38. The van der Waals surface area contributed by atoms with Crippen molar-refractivity contribution >= 4 is 11.8 Å². The maximum absolute atomic E-state index is 13.7. The first-order chi connectivity index (χ1) is 13.8. The average molecular weight is 384 g/mol. The summed E-state index contributed by atoms with van der Waals surface area (Å²) in [6.07, 6.45) is 6.27. The van der Waals surface area contributed by atoms with Gasteiger partial charge in [-0.3, -0.25) is 0 Å². The van der Waals surface area contributed by atoms with Crippen LogP contribution in [0.3, 0.4) is 0 Å². The molecule has 150 valence electrons. The summed E-state index contributed by atoms with van der Waals surface area (Å²) in [5.74, 6) is 1.63. The number of benzene rings is 1. The number of aliphatic imine (C=N–C) groups is 1. The number of piperidine rings is 1. The highest BCUT2D eigenvalue weighted by atomic mass is 19.1. The molecule has 0 aliphatic carbocycles. The molecule has 2 heterocycles. The molecule has 1 aromatic heterocycles. The zero-order valence-corrected chi connectivity index (χ0v) is 16.6. The summed E-state index contributed by atoms with van der Waals surface area (Å²) in [5, 5.41) is 6.54. The maximum Gasteiger partial charge on any atom is 0.191 e. The normalized spacial score (nSPS) is 14.8. The van der Waals surface area contributed by atoms with Gasteiger partial charge in [0.15, 0.2) is 5.96 Å². The highest BCUT2D eigenvalue weighted by molar-refractivity contribution is 5.79. The number of hydrogen-bond acceptors (Lipinski definition) is 3. The number of nitrogens with one attached hydrogen (secondary N) is 2. The molecule has 0 bridgehead atoms. The summed E-state index contributed by atoms with van der Waals surface area (Å²) in [7, 11) is 0. The number of nitrogens with zero attached hydrogens (tertiary/aromatic N) is 3. The third-order valence-corrected chi connectivity index (χ3v) is 4.90. The highest BCUT2D eigenvalue weighted by Crippen LogP contribution is 2.18. The fourth-order valence-corrected chi connectivity index (χ4v) is 3.38. The number of halogens is 1. The Morgan fingerprint density at radius 1 is 1.14 bits per heavy atom. The van der Waals surface area contributed by atoms with E-state index in [9.17, 15) is 4.39 Å². The summed E-state index contributed by atoms with van der Waals surface area (Å²) >= 11 is 0. The van der Waals surface area contributed by atoms with Crippen molar-refractivity contribution in [2.24, 2.45) is 4.99 Å². The molecule has 3 rings (SSSR count). The molecule has 28 heavy (non-hydrogen) atoms. The highest BCUT2D eigenvalue weighted by Gasteiger charge is 2.12. The van der Waals surface area contributed by atoms with Crippen molar-refractivity contribution in [1.29, 1.82) is 0 Å². The van der Waals surface area contributed by atoms with Crippen molar-refractivity contribution < 1.29 is 4.39 Å². The summed E-state index contributed by atoms with van der Waals surface area (Å²) in [4.78, 5) is 11.6. The van der Waals surface area contributed by atoms with Crippen molar-refractivity contribution in [3.05, 3.63) is 59.5 Å². The predicted molar refractivity (Wildman–Crippen MR) is 113 cm³/mol. The van der Waals surface area contributed by atoms with Crippen molar-refractivity contribution in [3.63, 3.8) is 0 Å². The Morgan fingerprint density at radius 2 is 1.96 bits per heavy atom. The zero-order valence-electron chi connectivity index (χ0n) is 16.6. The molecule has 1 fully saturated rings. The molecule has 2 aromatic rings. The standard InChI is InChI=1S/C22H30FN5/c1-2-24-22(26-13-11-19-8-4-5-9-20(19)23)27-17-18-10-12-25-21(16-18)28-14-6-3-7-15-28/h4-5,8-10,12,16H,2-3,6-7,11,13-15,17H2,1H3,(H2,24,26,27). The minimum atomic E-state index is -0.159. The molecule has 1 saturated heterocycles. The van der Waals surface area contributed by atoms with E-state index >= 15 is 0 Å². The molecule has 1 aliphatic rings. The van der Waals surface area contributed by atoms with E-state index in [1.807, 2.05) is 31.3 Å². The monoisotopic (exact) mass is 383 g/mol. The van der Waals surface area contributed by atoms with Gasteiger partial charge in [-0.1, -0.05) is 18.2 Å². The molecule has 1 aromatic carbocycles. The number of guanidine groups is 1. The molecule has 5 nitrogen and oxygen atoms in total. The molecule has 2 N–H and O–H groups in total. The maximum atomic E-state index is 13.7. The number of anilines is 1. The summed E-state index contributed by atoms with van der Waals surface area (Å²) in [6.45, 7) is 6.19. The summed E-state index contributed by atoms with van der Waals surface area (Å²) in [5.41, 5.74) is 1.85. The van der Waals surface area contributed by atoms with Gasteiger partial charge in [0.25, 0.3) is 0 Å². The minimum absolute atomic E-state index is 0.159. The topological polar surface area (TPSA) is 52.6 Å². The molecular formula is C22H30FN5. The third-order valence-electron chi connectivity index (χ3n) is 4.90. The number of rotatable bonds is 7. The molecule has 0 amide bonds. The van der Waals surface area contributed by atoms with Gasteiger partial charge in [-0.25, -0.2) is 14.4 Å². The SMILES string of the molecule is CCNC(=NCc1ccnc(N2CCCCC2)c1)NCCc1ccccc1F. The van der Waals surface area contributed by atoms with Gasteiger partial charge in [-0.2, -0.15) is 0 Å². The van der Waals surface area contributed by atoms with Crippen LogP contribution < -0.4 is 15.5 Å². The Labute approximate surface area is 167 Å². The van der Waals surface area contributed by atoms with Gasteiger partial charge < -0.3 is 15.5 Å². The van der Waals surface area contributed by atoms with Gasteiger partial charge in [-0.15, -0.1) is 0 Å². The lowest BCUT2D eigenvalue weighted by molar-refractivity contribution is 0.573. The molecule has 0 saturated carbocycles. The minimum Gasteiger partial charge on any atom is -0.357 e. The number of pyridine rings is 1. The predicted octanol–water partition coefficient (Wildman–Crippen LogP) is 3.51. The van der Waals surface area contributed by atoms with Crippen LogP contribution in [0, 0.1) is 5.82 Å². The van der Waals surface area contributed by atoms with Crippen LogP contribution in [0.25, 0.3) is 0 Å². The van der Waals surface area contributed by atoms with Crippen molar-refractivity contribution in [3.8, 4) is 0 Å². The van der Waals surface area contributed by atoms with Crippen molar-refractivity contribution in [1.82, 2.24) is 15.6 Å². The Bertz CT molecular complexity index is 771. The van der Waals surface area contributed by atoms with E-state index in [1.54, 1.807) is 6.07 Å². The Morgan fingerprint density at radius 3 is 2.75 bits per heavy atom. The first kappa shape index (κ1) is 20.1. The van der Waals surface area contributed by atoms with E-state index in [2.05, 4.69) is 31.6 Å². The first-order valence-electron chi connectivity index (χ1n) is 10.2. The van der Waals surface area contributed by atoms with E-state index in [0.717, 1.165) is 37.0 Å². The molecular weight excluding hydrogens is 353 g/mol. The first-order valence-corrected chi connectivity index (χ1v) is 10.2. The second-order valence-corrected chi connectivity index (χ2v) is 7.03. The molecule has 0 unspecified atom stereocenters. The van der Waals surface area contributed by atoms with E-state index < -0.39 is 0 Å².